The number of piperidine rings is 1. The van der Waals surface area contributed by atoms with Gasteiger partial charge in [0.2, 0.25) is 5.91 Å². The summed E-state index contributed by atoms with van der Waals surface area (Å²) in [6.45, 7) is 9.40. The van der Waals surface area contributed by atoms with E-state index in [1.165, 1.54) is 25.9 Å². The quantitative estimate of drug-likeness (QED) is 0.750. The third kappa shape index (κ3) is 5.83. The van der Waals surface area contributed by atoms with E-state index >= 15 is 0 Å². The van der Waals surface area contributed by atoms with E-state index in [0.717, 1.165) is 12.5 Å². The number of nitrogens with zero attached hydrogens (tertiary/aromatic N) is 1. The molecule has 0 saturated carbocycles. The molecule has 0 bridgehead atoms. The minimum absolute atomic E-state index is 0.144. The third-order valence-electron chi connectivity index (χ3n) is 3.64. The molecular formula is C14H29N3O. The maximum atomic E-state index is 11.5. The molecular weight excluding hydrogens is 226 g/mol. The average Bonchev–Trinajstić information content (AvgIpc) is 2.27. The van der Waals surface area contributed by atoms with Crippen molar-refractivity contribution >= 4 is 5.91 Å². The zero-order valence-corrected chi connectivity index (χ0v) is 12.3. The van der Waals surface area contributed by atoms with E-state index in [0.29, 0.717) is 12.5 Å². The first-order chi connectivity index (χ1) is 8.49. The second-order valence-corrected chi connectivity index (χ2v) is 5.88. The highest BCUT2D eigenvalue weighted by Gasteiger charge is 2.22. The van der Waals surface area contributed by atoms with Crippen LogP contribution in [-0.4, -0.2) is 49.6 Å². The van der Waals surface area contributed by atoms with E-state index in [1.54, 1.807) is 0 Å². The van der Waals surface area contributed by atoms with Crippen molar-refractivity contribution in [3.63, 3.8) is 0 Å². The van der Waals surface area contributed by atoms with Crippen LogP contribution >= 0.6 is 0 Å². The molecule has 1 amide bonds. The third-order valence-corrected chi connectivity index (χ3v) is 3.64. The topological polar surface area (TPSA) is 44.4 Å². The number of amides is 1. The Morgan fingerprint density at radius 1 is 1.39 bits per heavy atom. The highest BCUT2D eigenvalue weighted by atomic mass is 16.1. The Bertz CT molecular complexity index is 255. The summed E-state index contributed by atoms with van der Waals surface area (Å²) in [4.78, 5) is 13.9. The summed E-state index contributed by atoms with van der Waals surface area (Å²) in [5.74, 6) is 0.863. The van der Waals surface area contributed by atoms with Gasteiger partial charge >= 0.3 is 0 Å². The fourth-order valence-corrected chi connectivity index (χ4v) is 2.59. The fraction of sp³-hybridized carbons (Fsp3) is 0.929. The van der Waals surface area contributed by atoms with E-state index in [9.17, 15) is 4.79 Å². The van der Waals surface area contributed by atoms with Gasteiger partial charge in [-0.1, -0.05) is 0 Å². The largest absolute Gasteiger partial charge is 0.354 e. The molecule has 2 unspecified atom stereocenters. The molecule has 0 aromatic rings. The van der Waals surface area contributed by atoms with Gasteiger partial charge in [-0.15, -0.1) is 0 Å². The van der Waals surface area contributed by atoms with Crippen molar-refractivity contribution < 1.29 is 4.79 Å². The lowest BCUT2D eigenvalue weighted by molar-refractivity contribution is -0.121. The van der Waals surface area contributed by atoms with Crippen LogP contribution in [0.3, 0.4) is 0 Å². The molecule has 106 valence electrons. The smallest absolute Gasteiger partial charge is 0.221 e. The highest BCUT2D eigenvalue weighted by Crippen LogP contribution is 2.18. The van der Waals surface area contributed by atoms with Crippen molar-refractivity contribution in [2.45, 2.75) is 52.1 Å². The molecule has 0 aromatic carbocycles. The van der Waals surface area contributed by atoms with E-state index in [1.807, 2.05) is 13.8 Å². The number of hydrogen-bond donors (Lipinski definition) is 2. The Kier molecular flexibility index (Phi) is 6.65. The summed E-state index contributed by atoms with van der Waals surface area (Å²) >= 11 is 0. The lowest BCUT2D eigenvalue weighted by Gasteiger charge is -2.34. The van der Waals surface area contributed by atoms with Gasteiger partial charge < -0.3 is 15.5 Å². The van der Waals surface area contributed by atoms with Crippen LogP contribution in [0.2, 0.25) is 0 Å². The molecule has 1 saturated heterocycles. The van der Waals surface area contributed by atoms with Gasteiger partial charge in [-0.2, -0.15) is 0 Å². The molecule has 18 heavy (non-hydrogen) atoms. The monoisotopic (exact) mass is 255 g/mol. The normalized spacial score (nSPS) is 23.1. The molecule has 2 N–H and O–H groups in total. The minimum Gasteiger partial charge on any atom is -0.354 e. The van der Waals surface area contributed by atoms with Gasteiger partial charge in [0, 0.05) is 31.6 Å². The molecule has 0 aliphatic carbocycles. The Hall–Kier alpha value is -0.610. The van der Waals surface area contributed by atoms with Gasteiger partial charge in [-0.25, -0.2) is 0 Å². The fourth-order valence-electron chi connectivity index (χ4n) is 2.59. The summed E-state index contributed by atoms with van der Waals surface area (Å²) in [6.07, 6.45) is 3.17. The van der Waals surface area contributed by atoms with E-state index in [4.69, 9.17) is 0 Å². The summed E-state index contributed by atoms with van der Waals surface area (Å²) in [7, 11) is 2.19. The Morgan fingerprint density at radius 2 is 2.11 bits per heavy atom. The van der Waals surface area contributed by atoms with Gasteiger partial charge in [0.15, 0.2) is 0 Å². The molecule has 1 aliphatic rings. The summed E-state index contributed by atoms with van der Waals surface area (Å²) < 4.78 is 0. The van der Waals surface area contributed by atoms with Gasteiger partial charge in [-0.3, -0.25) is 4.79 Å². The summed E-state index contributed by atoms with van der Waals surface area (Å²) in [5, 5.41) is 6.41. The SMILES string of the molecule is CC(C)NC(=O)CCNC(C)C1CCCN(C)C1. The Labute approximate surface area is 111 Å². The predicted molar refractivity (Wildman–Crippen MR) is 75.6 cm³/mol. The van der Waals surface area contributed by atoms with Gasteiger partial charge in [-0.05, 0) is 53.1 Å². The highest BCUT2D eigenvalue weighted by molar-refractivity contribution is 5.76. The first-order valence-electron chi connectivity index (χ1n) is 7.20. The Balaban J connectivity index is 2.16. The molecule has 4 heteroatoms. The van der Waals surface area contributed by atoms with Crippen molar-refractivity contribution in [2.75, 3.05) is 26.7 Å². The van der Waals surface area contributed by atoms with Crippen LogP contribution < -0.4 is 10.6 Å². The molecule has 0 aromatic heterocycles. The van der Waals surface area contributed by atoms with E-state index in [2.05, 4.69) is 29.5 Å². The van der Waals surface area contributed by atoms with Crippen molar-refractivity contribution in [2.24, 2.45) is 5.92 Å². The van der Waals surface area contributed by atoms with Gasteiger partial charge in [0.05, 0.1) is 0 Å². The molecule has 2 atom stereocenters. The predicted octanol–water partition coefficient (Wildman–Crippen LogP) is 1.22. The van der Waals surface area contributed by atoms with Gasteiger partial charge in [0.1, 0.15) is 0 Å². The maximum absolute atomic E-state index is 11.5. The van der Waals surface area contributed by atoms with Crippen molar-refractivity contribution in [1.82, 2.24) is 15.5 Å². The van der Waals surface area contributed by atoms with Crippen molar-refractivity contribution in [1.29, 1.82) is 0 Å². The van der Waals surface area contributed by atoms with Crippen molar-refractivity contribution in [3.05, 3.63) is 0 Å². The average molecular weight is 255 g/mol. The van der Waals surface area contributed by atoms with E-state index < -0.39 is 0 Å². The molecule has 1 rings (SSSR count). The maximum Gasteiger partial charge on any atom is 0.221 e. The molecule has 0 radical (unpaired) electrons. The van der Waals surface area contributed by atoms with Gasteiger partial charge in [0.25, 0.3) is 0 Å². The zero-order valence-electron chi connectivity index (χ0n) is 12.3. The second-order valence-electron chi connectivity index (χ2n) is 5.88. The summed E-state index contributed by atoms with van der Waals surface area (Å²) in [6, 6.07) is 0.738. The van der Waals surface area contributed by atoms with Crippen LogP contribution in [0.15, 0.2) is 0 Å². The van der Waals surface area contributed by atoms with Crippen LogP contribution in [0.4, 0.5) is 0 Å². The van der Waals surface area contributed by atoms with Crippen LogP contribution in [0.25, 0.3) is 0 Å². The molecule has 1 heterocycles. The number of carbonyl (C=O) groups excluding carboxylic acids is 1. The van der Waals surface area contributed by atoms with Crippen LogP contribution in [0.1, 0.15) is 40.0 Å². The number of carbonyl (C=O) groups is 1. The lowest BCUT2D eigenvalue weighted by atomic mass is 9.92. The zero-order chi connectivity index (χ0) is 13.5. The molecule has 1 fully saturated rings. The standard InChI is InChI=1S/C14H29N3O/c1-11(2)16-14(18)7-8-15-12(3)13-6-5-9-17(4)10-13/h11-13,15H,5-10H2,1-4H3,(H,16,18). The first kappa shape index (κ1) is 15.4. The molecule has 1 aliphatic heterocycles. The minimum atomic E-state index is 0.144. The Morgan fingerprint density at radius 3 is 2.72 bits per heavy atom. The lowest BCUT2D eigenvalue weighted by Crippen LogP contribution is -2.44. The van der Waals surface area contributed by atoms with E-state index in [-0.39, 0.29) is 11.9 Å². The van der Waals surface area contributed by atoms with Crippen molar-refractivity contribution in [3.8, 4) is 0 Å². The van der Waals surface area contributed by atoms with Crippen LogP contribution in [0.5, 0.6) is 0 Å². The number of nitrogens with one attached hydrogen (secondary N) is 2. The molecule has 4 nitrogen and oxygen atoms in total. The number of hydrogen-bond acceptors (Lipinski definition) is 3. The summed E-state index contributed by atoms with van der Waals surface area (Å²) in [5.41, 5.74) is 0. The number of rotatable bonds is 6. The second kappa shape index (κ2) is 7.74. The van der Waals surface area contributed by atoms with Crippen LogP contribution in [0, 0.1) is 5.92 Å². The molecule has 0 spiro atoms. The number of likely N-dealkylation sites (tertiary alicyclic amines) is 1. The first-order valence-corrected chi connectivity index (χ1v) is 7.20. The van der Waals surface area contributed by atoms with Crippen LogP contribution in [-0.2, 0) is 4.79 Å².